The highest BCUT2D eigenvalue weighted by Crippen LogP contribution is 2.26. The fourth-order valence-corrected chi connectivity index (χ4v) is 4.41. The molecule has 0 saturated carbocycles. The summed E-state index contributed by atoms with van der Waals surface area (Å²) in [6.07, 6.45) is 1.07. The Morgan fingerprint density at radius 3 is 2.71 bits per heavy atom. The number of nitrogens with zero attached hydrogens (tertiary/aromatic N) is 1. The molecule has 1 aliphatic rings. The standard InChI is InChI=1S/C18H25N3O6S/c1-4-8-19-17(22)18(23)20-12-16-21(9-5-10-27-16)28(24,25)14-6-7-15(26-3)13(2)11-14/h4,6-7,11,16H,1,5,8-10,12H2,2-3H3,(H,19,22)(H,20,23)/t16-/m1/s1. The highest BCUT2D eigenvalue weighted by atomic mass is 32.2. The lowest BCUT2D eigenvalue weighted by Gasteiger charge is -2.34. The number of ether oxygens (including phenoxy) is 2. The van der Waals surface area contributed by atoms with Crippen LogP contribution in [-0.4, -0.2) is 64.1 Å². The summed E-state index contributed by atoms with van der Waals surface area (Å²) in [7, 11) is -2.34. The van der Waals surface area contributed by atoms with E-state index in [0.717, 1.165) is 0 Å². The topological polar surface area (TPSA) is 114 Å². The van der Waals surface area contributed by atoms with Gasteiger partial charge in [0.15, 0.2) is 0 Å². The zero-order valence-corrected chi connectivity index (χ0v) is 16.8. The molecule has 2 amide bonds. The highest BCUT2D eigenvalue weighted by molar-refractivity contribution is 7.89. The van der Waals surface area contributed by atoms with Crippen LogP contribution in [0.1, 0.15) is 12.0 Å². The van der Waals surface area contributed by atoms with Gasteiger partial charge in [-0.25, -0.2) is 8.42 Å². The highest BCUT2D eigenvalue weighted by Gasteiger charge is 2.35. The number of benzene rings is 1. The SMILES string of the molecule is C=CCNC(=O)C(=O)NC[C@H]1OCCCN1S(=O)(=O)c1ccc(OC)c(C)c1. The minimum absolute atomic E-state index is 0.108. The smallest absolute Gasteiger partial charge is 0.309 e. The molecule has 1 fully saturated rings. The van der Waals surface area contributed by atoms with Gasteiger partial charge in [-0.1, -0.05) is 6.08 Å². The maximum atomic E-state index is 13.1. The fraction of sp³-hybridized carbons (Fsp3) is 0.444. The number of nitrogens with one attached hydrogen (secondary N) is 2. The number of aryl methyl sites for hydroxylation is 1. The van der Waals surface area contributed by atoms with Crippen molar-refractivity contribution in [2.45, 2.75) is 24.5 Å². The van der Waals surface area contributed by atoms with E-state index >= 15 is 0 Å². The normalized spacial score (nSPS) is 17.6. The first-order valence-corrected chi connectivity index (χ1v) is 10.2. The lowest BCUT2D eigenvalue weighted by Crippen LogP contribution is -2.53. The summed E-state index contributed by atoms with van der Waals surface area (Å²) < 4.78 is 38.1. The molecule has 1 atom stereocenters. The Kier molecular flexibility index (Phi) is 7.55. The fourth-order valence-electron chi connectivity index (χ4n) is 2.75. The van der Waals surface area contributed by atoms with Gasteiger partial charge in [-0.2, -0.15) is 4.31 Å². The molecule has 2 rings (SSSR count). The number of hydrogen-bond acceptors (Lipinski definition) is 6. The third kappa shape index (κ3) is 5.09. The van der Waals surface area contributed by atoms with Gasteiger partial charge >= 0.3 is 11.8 Å². The number of sulfonamides is 1. The van der Waals surface area contributed by atoms with Gasteiger partial charge in [-0.05, 0) is 37.1 Å². The van der Waals surface area contributed by atoms with Crippen molar-refractivity contribution in [3.63, 3.8) is 0 Å². The number of carbonyl (C=O) groups is 2. The van der Waals surface area contributed by atoms with Gasteiger partial charge < -0.3 is 20.1 Å². The van der Waals surface area contributed by atoms with Crippen LogP contribution >= 0.6 is 0 Å². The summed E-state index contributed by atoms with van der Waals surface area (Å²) in [4.78, 5) is 23.6. The Labute approximate surface area is 164 Å². The first-order valence-electron chi connectivity index (χ1n) is 8.76. The van der Waals surface area contributed by atoms with Gasteiger partial charge in [0.1, 0.15) is 12.0 Å². The zero-order valence-electron chi connectivity index (χ0n) is 15.9. The molecule has 2 N–H and O–H groups in total. The largest absolute Gasteiger partial charge is 0.496 e. The quantitative estimate of drug-likeness (QED) is 0.488. The van der Waals surface area contributed by atoms with Crippen LogP contribution in [0.5, 0.6) is 5.75 Å². The van der Waals surface area contributed by atoms with E-state index in [4.69, 9.17) is 9.47 Å². The van der Waals surface area contributed by atoms with Crippen molar-refractivity contribution in [1.29, 1.82) is 0 Å². The first-order chi connectivity index (χ1) is 13.3. The summed E-state index contributed by atoms with van der Waals surface area (Å²) in [6, 6.07) is 4.59. The molecular weight excluding hydrogens is 386 g/mol. The summed E-state index contributed by atoms with van der Waals surface area (Å²) >= 11 is 0. The van der Waals surface area contributed by atoms with E-state index in [0.29, 0.717) is 24.3 Å². The minimum atomic E-state index is -3.85. The van der Waals surface area contributed by atoms with E-state index < -0.39 is 28.1 Å². The van der Waals surface area contributed by atoms with Crippen LogP contribution in [0, 0.1) is 6.92 Å². The zero-order chi connectivity index (χ0) is 20.7. The van der Waals surface area contributed by atoms with Crippen molar-refractivity contribution in [1.82, 2.24) is 14.9 Å². The predicted molar refractivity (Wildman–Crippen MR) is 102 cm³/mol. The predicted octanol–water partition coefficient (Wildman–Crippen LogP) is 0.159. The maximum Gasteiger partial charge on any atom is 0.309 e. The Morgan fingerprint density at radius 2 is 2.07 bits per heavy atom. The van der Waals surface area contributed by atoms with Gasteiger partial charge in [-0.3, -0.25) is 9.59 Å². The van der Waals surface area contributed by atoms with Crippen molar-refractivity contribution in [2.24, 2.45) is 0 Å². The molecule has 0 unspecified atom stereocenters. The van der Waals surface area contributed by atoms with E-state index in [1.54, 1.807) is 13.0 Å². The van der Waals surface area contributed by atoms with Crippen molar-refractivity contribution in [3.05, 3.63) is 36.4 Å². The van der Waals surface area contributed by atoms with Crippen LogP contribution in [0.3, 0.4) is 0 Å². The second kappa shape index (κ2) is 9.67. The van der Waals surface area contributed by atoms with Crippen LogP contribution < -0.4 is 15.4 Å². The molecule has 10 heteroatoms. The van der Waals surface area contributed by atoms with Crippen molar-refractivity contribution in [2.75, 3.05) is 33.4 Å². The summed E-state index contributed by atoms with van der Waals surface area (Å²) in [5, 5.41) is 4.76. The Balaban J connectivity index is 2.13. The Bertz CT molecular complexity index is 840. The molecule has 0 spiro atoms. The van der Waals surface area contributed by atoms with E-state index in [-0.39, 0.29) is 24.5 Å². The van der Waals surface area contributed by atoms with Crippen LogP contribution in [-0.2, 0) is 24.3 Å². The second-order valence-corrected chi connectivity index (χ2v) is 8.03. The van der Waals surface area contributed by atoms with Crippen molar-refractivity contribution < 1.29 is 27.5 Å². The Hall–Kier alpha value is -2.43. The van der Waals surface area contributed by atoms with Crippen LogP contribution in [0.2, 0.25) is 0 Å². The number of methoxy groups -OCH3 is 1. The van der Waals surface area contributed by atoms with Gasteiger partial charge in [0.05, 0.1) is 25.2 Å². The number of rotatable bonds is 7. The molecule has 0 radical (unpaired) electrons. The van der Waals surface area contributed by atoms with E-state index in [9.17, 15) is 18.0 Å². The second-order valence-electron chi connectivity index (χ2n) is 6.13. The average molecular weight is 411 g/mol. The molecule has 1 saturated heterocycles. The van der Waals surface area contributed by atoms with Crippen molar-refractivity contribution in [3.8, 4) is 5.75 Å². The van der Waals surface area contributed by atoms with Crippen LogP contribution in [0.4, 0.5) is 0 Å². The number of hydrogen-bond donors (Lipinski definition) is 2. The number of amides is 2. The molecule has 154 valence electrons. The molecular formula is C18H25N3O6S. The monoisotopic (exact) mass is 411 g/mol. The van der Waals surface area contributed by atoms with Gasteiger partial charge in [-0.15, -0.1) is 6.58 Å². The van der Waals surface area contributed by atoms with E-state index in [1.807, 2.05) is 0 Å². The van der Waals surface area contributed by atoms with Gasteiger partial charge in [0.25, 0.3) is 0 Å². The molecule has 1 aliphatic heterocycles. The first kappa shape index (κ1) is 21.9. The molecule has 1 aromatic carbocycles. The lowest BCUT2D eigenvalue weighted by molar-refractivity contribution is -0.140. The molecule has 9 nitrogen and oxygen atoms in total. The summed E-state index contributed by atoms with van der Waals surface area (Å²) in [5.41, 5.74) is 0.685. The maximum absolute atomic E-state index is 13.1. The molecule has 1 aromatic rings. The molecule has 0 bridgehead atoms. The van der Waals surface area contributed by atoms with Crippen molar-refractivity contribution >= 4 is 21.8 Å². The third-order valence-electron chi connectivity index (χ3n) is 4.18. The molecule has 0 aromatic heterocycles. The lowest BCUT2D eigenvalue weighted by atomic mass is 10.2. The minimum Gasteiger partial charge on any atom is -0.496 e. The molecule has 28 heavy (non-hydrogen) atoms. The van der Waals surface area contributed by atoms with E-state index in [2.05, 4.69) is 17.2 Å². The summed E-state index contributed by atoms with van der Waals surface area (Å²) in [6.45, 7) is 5.82. The average Bonchev–Trinajstić information content (AvgIpc) is 2.70. The molecule has 0 aliphatic carbocycles. The van der Waals surface area contributed by atoms with Crippen LogP contribution in [0.15, 0.2) is 35.7 Å². The van der Waals surface area contributed by atoms with E-state index in [1.165, 1.54) is 29.6 Å². The number of carbonyl (C=O) groups excluding carboxylic acids is 2. The third-order valence-corrected chi connectivity index (χ3v) is 6.06. The van der Waals surface area contributed by atoms with Gasteiger partial charge in [0, 0.05) is 13.1 Å². The van der Waals surface area contributed by atoms with Crippen LogP contribution in [0.25, 0.3) is 0 Å². The Morgan fingerprint density at radius 1 is 1.36 bits per heavy atom. The summed E-state index contributed by atoms with van der Waals surface area (Å²) in [5.74, 6) is -1.10. The molecule has 1 heterocycles. The van der Waals surface area contributed by atoms with Gasteiger partial charge in [0.2, 0.25) is 10.0 Å².